The van der Waals surface area contributed by atoms with Crippen LogP contribution in [0.2, 0.25) is 0 Å². The van der Waals surface area contributed by atoms with Gasteiger partial charge in [-0.05, 0) is 30.7 Å². The topological polar surface area (TPSA) is 55.0 Å². The molecule has 4 nitrogen and oxygen atoms in total. The van der Waals surface area contributed by atoms with Gasteiger partial charge in [-0.2, -0.15) is 0 Å². The molecule has 0 aliphatic heterocycles. The number of ether oxygens (including phenoxy) is 1. The van der Waals surface area contributed by atoms with Crippen molar-refractivity contribution < 1.29 is 9.53 Å². The van der Waals surface area contributed by atoms with Gasteiger partial charge in [-0.15, -0.1) is 0 Å². The van der Waals surface area contributed by atoms with Crippen LogP contribution in [-0.2, 0) is 0 Å². The summed E-state index contributed by atoms with van der Waals surface area (Å²) in [5.74, 6) is 1.18. The summed E-state index contributed by atoms with van der Waals surface area (Å²) in [6, 6.07) is 5.81. The number of carbonyl (C=O) groups excluding carboxylic acids is 1. The lowest BCUT2D eigenvalue weighted by Crippen LogP contribution is -1.88. The van der Waals surface area contributed by atoms with Gasteiger partial charge in [0.05, 0.1) is 19.0 Å². The first-order valence-electron chi connectivity index (χ1n) is 4.90. The number of carbonyl (C=O) groups is 1. The van der Waals surface area contributed by atoms with Gasteiger partial charge in [-0.3, -0.25) is 4.79 Å². The smallest absolute Gasteiger partial charge is 0.185 e. The Morgan fingerprint density at radius 1 is 1.44 bits per heavy atom. The van der Waals surface area contributed by atoms with Gasteiger partial charge >= 0.3 is 0 Å². The number of aryl methyl sites for hydroxylation is 1. The molecular formula is C12H12N2O2. The molecule has 0 amide bonds. The summed E-state index contributed by atoms with van der Waals surface area (Å²) in [4.78, 5) is 17.4. The van der Waals surface area contributed by atoms with E-state index >= 15 is 0 Å². The average Bonchev–Trinajstić information content (AvgIpc) is 2.77. The van der Waals surface area contributed by atoms with Crippen LogP contribution in [-0.4, -0.2) is 23.4 Å². The summed E-state index contributed by atoms with van der Waals surface area (Å²) < 4.78 is 5.18. The molecule has 1 N–H and O–H groups in total. The van der Waals surface area contributed by atoms with E-state index in [0.29, 0.717) is 12.1 Å². The Hall–Kier alpha value is -2.10. The molecule has 0 bridgehead atoms. The summed E-state index contributed by atoms with van der Waals surface area (Å²) in [6.07, 6.45) is 2.34. The Morgan fingerprint density at radius 3 is 2.81 bits per heavy atom. The van der Waals surface area contributed by atoms with Crippen LogP contribution in [0.25, 0.3) is 11.3 Å². The minimum absolute atomic E-state index is 0.337. The number of hydrogen-bond donors (Lipinski definition) is 1. The molecule has 16 heavy (non-hydrogen) atoms. The molecule has 0 saturated heterocycles. The van der Waals surface area contributed by atoms with E-state index in [9.17, 15) is 4.79 Å². The highest BCUT2D eigenvalue weighted by Crippen LogP contribution is 2.24. The molecule has 0 atom stereocenters. The summed E-state index contributed by atoms with van der Waals surface area (Å²) in [7, 11) is 1.64. The summed E-state index contributed by atoms with van der Waals surface area (Å²) >= 11 is 0. The Morgan fingerprint density at radius 2 is 2.25 bits per heavy atom. The Balaban J connectivity index is 2.40. The Bertz CT molecular complexity index is 517. The molecule has 2 aromatic rings. The van der Waals surface area contributed by atoms with Crippen molar-refractivity contribution in [3.8, 4) is 17.0 Å². The fraction of sp³-hybridized carbons (Fsp3) is 0.167. The van der Waals surface area contributed by atoms with Crippen molar-refractivity contribution >= 4 is 6.29 Å². The zero-order valence-corrected chi connectivity index (χ0v) is 9.15. The van der Waals surface area contributed by atoms with Crippen LogP contribution >= 0.6 is 0 Å². The monoisotopic (exact) mass is 216 g/mol. The normalized spacial score (nSPS) is 10.1. The third-order valence-corrected chi connectivity index (χ3v) is 2.41. The molecule has 0 aliphatic rings. The van der Waals surface area contributed by atoms with Gasteiger partial charge < -0.3 is 9.72 Å². The van der Waals surface area contributed by atoms with E-state index in [1.54, 1.807) is 13.3 Å². The third-order valence-electron chi connectivity index (χ3n) is 2.41. The van der Waals surface area contributed by atoms with Gasteiger partial charge in [0.25, 0.3) is 0 Å². The predicted molar refractivity (Wildman–Crippen MR) is 60.7 cm³/mol. The summed E-state index contributed by atoms with van der Waals surface area (Å²) in [6.45, 7) is 1.97. The number of aromatic amines is 1. The van der Waals surface area contributed by atoms with E-state index < -0.39 is 0 Å². The maximum Gasteiger partial charge on any atom is 0.185 e. The van der Waals surface area contributed by atoms with Crippen molar-refractivity contribution in [3.63, 3.8) is 0 Å². The fourth-order valence-electron chi connectivity index (χ4n) is 1.59. The number of methoxy groups -OCH3 is 1. The highest BCUT2D eigenvalue weighted by atomic mass is 16.5. The second-order valence-electron chi connectivity index (χ2n) is 3.48. The molecule has 0 unspecified atom stereocenters. The second-order valence-corrected chi connectivity index (χ2v) is 3.48. The first-order valence-corrected chi connectivity index (χ1v) is 4.90. The van der Waals surface area contributed by atoms with Gasteiger partial charge in [0, 0.05) is 5.56 Å². The van der Waals surface area contributed by atoms with E-state index in [1.165, 1.54) is 0 Å². The van der Waals surface area contributed by atoms with Gasteiger partial charge in [-0.25, -0.2) is 4.98 Å². The molecule has 1 aromatic heterocycles. The SMILES string of the molecule is COc1ccc(-c2cnc(C=O)[nH]2)cc1C. The van der Waals surface area contributed by atoms with E-state index in [0.717, 1.165) is 22.6 Å². The highest BCUT2D eigenvalue weighted by Gasteiger charge is 2.05. The molecule has 0 aliphatic carbocycles. The number of rotatable bonds is 3. The van der Waals surface area contributed by atoms with Crippen LogP contribution in [0.4, 0.5) is 0 Å². The first-order chi connectivity index (χ1) is 7.74. The van der Waals surface area contributed by atoms with Crippen LogP contribution in [0.5, 0.6) is 5.75 Å². The molecule has 4 heteroatoms. The number of H-pyrrole nitrogens is 1. The maximum atomic E-state index is 10.5. The van der Waals surface area contributed by atoms with Crippen LogP contribution in [0.15, 0.2) is 24.4 Å². The quantitative estimate of drug-likeness (QED) is 0.800. The third kappa shape index (κ3) is 1.82. The minimum atomic E-state index is 0.337. The van der Waals surface area contributed by atoms with Crippen LogP contribution in [0.3, 0.4) is 0 Å². The van der Waals surface area contributed by atoms with Crippen molar-refractivity contribution in [2.45, 2.75) is 6.92 Å². The van der Waals surface area contributed by atoms with Crippen LogP contribution < -0.4 is 4.74 Å². The van der Waals surface area contributed by atoms with E-state index in [4.69, 9.17) is 4.74 Å². The molecule has 0 fully saturated rings. The van der Waals surface area contributed by atoms with Crippen molar-refractivity contribution in [3.05, 3.63) is 35.8 Å². The number of nitrogens with zero attached hydrogens (tertiary/aromatic N) is 1. The Kier molecular flexibility index (Phi) is 2.72. The number of hydrogen-bond acceptors (Lipinski definition) is 3. The first kappa shape index (κ1) is 10.4. The number of benzene rings is 1. The zero-order chi connectivity index (χ0) is 11.5. The molecular weight excluding hydrogens is 204 g/mol. The molecule has 0 saturated carbocycles. The molecule has 82 valence electrons. The number of aldehydes is 1. The summed E-state index contributed by atoms with van der Waals surface area (Å²) in [5.41, 5.74) is 2.86. The Labute approximate surface area is 93.3 Å². The van der Waals surface area contributed by atoms with Gasteiger partial charge in [0.1, 0.15) is 5.75 Å². The van der Waals surface area contributed by atoms with Gasteiger partial charge in [0.15, 0.2) is 12.1 Å². The van der Waals surface area contributed by atoms with Crippen molar-refractivity contribution in [1.82, 2.24) is 9.97 Å². The highest BCUT2D eigenvalue weighted by molar-refractivity contribution is 5.72. The standard InChI is InChI=1S/C12H12N2O2/c1-8-5-9(3-4-11(8)16-2)10-6-13-12(7-15)14-10/h3-7H,1-2H3,(H,13,14). The fourth-order valence-corrected chi connectivity index (χ4v) is 1.59. The average molecular weight is 216 g/mol. The molecule has 0 spiro atoms. The lowest BCUT2D eigenvalue weighted by molar-refractivity contribution is 0.111. The van der Waals surface area contributed by atoms with Gasteiger partial charge in [-0.1, -0.05) is 0 Å². The lowest BCUT2D eigenvalue weighted by Gasteiger charge is -2.05. The lowest BCUT2D eigenvalue weighted by atomic mass is 10.1. The maximum absolute atomic E-state index is 10.5. The molecule has 0 radical (unpaired) electrons. The van der Waals surface area contributed by atoms with Crippen LogP contribution in [0, 0.1) is 6.92 Å². The minimum Gasteiger partial charge on any atom is -0.496 e. The summed E-state index contributed by atoms with van der Waals surface area (Å²) in [5, 5.41) is 0. The number of aromatic nitrogens is 2. The van der Waals surface area contributed by atoms with Crippen LogP contribution in [0.1, 0.15) is 16.2 Å². The number of nitrogens with one attached hydrogen (secondary N) is 1. The van der Waals surface area contributed by atoms with E-state index in [2.05, 4.69) is 9.97 Å². The molecule has 1 heterocycles. The number of imidazole rings is 1. The van der Waals surface area contributed by atoms with Crippen molar-refractivity contribution in [1.29, 1.82) is 0 Å². The molecule has 1 aromatic carbocycles. The molecule has 2 rings (SSSR count). The van der Waals surface area contributed by atoms with E-state index in [-0.39, 0.29) is 0 Å². The largest absolute Gasteiger partial charge is 0.496 e. The second kappa shape index (κ2) is 4.18. The zero-order valence-electron chi connectivity index (χ0n) is 9.15. The van der Waals surface area contributed by atoms with E-state index in [1.807, 2.05) is 25.1 Å². The van der Waals surface area contributed by atoms with Gasteiger partial charge in [0.2, 0.25) is 0 Å². The van der Waals surface area contributed by atoms with Crippen molar-refractivity contribution in [2.24, 2.45) is 0 Å². The van der Waals surface area contributed by atoms with Crippen molar-refractivity contribution in [2.75, 3.05) is 7.11 Å². The predicted octanol–water partition coefficient (Wildman–Crippen LogP) is 2.21.